The first kappa shape index (κ1) is 22.0. The lowest BCUT2D eigenvalue weighted by Gasteiger charge is -2.31. The van der Waals surface area contributed by atoms with Gasteiger partial charge in [0.15, 0.2) is 22.6 Å². The fourth-order valence-electron chi connectivity index (χ4n) is 4.10. The van der Waals surface area contributed by atoms with Crippen molar-refractivity contribution in [2.75, 3.05) is 5.75 Å². The number of aromatic nitrogens is 2. The van der Waals surface area contributed by atoms with Crippen LogP contribution in [0.25, 0.3) is 0 Å². The Morgan fingerprint density at radius 2 is 2.24 bits per heavy atom. The molecule has 166 valence electrons. The van der Waals surface area contributed by atoms with Gasteiger partial charge in [0.25, 0.3) is 0 Å². The van der Waals surface area contributed by atoms with Gasteiger partial charge >= 0.3 is 6.18 Å². The van der Waals surface area contributed by atoms with Crippen LogP contribution in [0.1, 0.15) is 52.9 Å². The minimum atomic E-state index is -4.32. The molecule has 1 aliphatic carbocycles. The fourth-order valence-corrected chi connectivity index (χ4v) is 4.50. The summed E-state index contributed by atoms with van der Waals surface area (Å²) < 4.78 is 53.4. The van der Waals surface area contributed by atoms with E-state index in [-0.39, 0.29) is 8.52 Å². The minimum Gasteiger partial charge on any atom is -0.366 e. The second-order valence-corrected chi connectivity index (χ2v) is 8.93. The lowest BCUT2D eigenvalue weighted by atomic mass is 9.94. The summed E-state index contributed by atoms with van der Waals surface area (Å²) >= 11 is -2.33. The third-order valence-corrected chi connectivity index (χ3v) is 6.10. The molecule has 1 aromatic heterocycles. The van der Waals surface area contributed by atoms with E-state index in [0.717, 1.165) is 31.6 Å². The summed E-state index contributed by atoms with van der Waals surface area (Å²) in [4.78, 5) is 9.21. The summed E-state index contributed by atoms with van der Waals surface area (Å²) in [6.07, 6.45) is 5.70. The maximum absolute atomic E-state index is 11.2. The largest absolute Gasteiger partial charge is 0.390 e. The molecule has 1 spiro atoms. The number of halogens is 3. The smallest absolute Gasteiger partial charge is 0.366 e. The topological polar surface area (TPSA) is 106 Å². The average molecular weight is 438 g/mol. The number of nitrogens with two attached hydrogens (primary N) is 1. The van der Waals surface area contributed by atoms with Gasteiger partial charge in [-0.15, -0.1) is 0 Å². The molecule has 1 aromatic rings. The molecule has 3 aliphatic rings. The molecule has 0 saturated heterocycles. The van der Waals surface area contributed by atoms with Gasteiger partial charge in [-0.05, 0) is 25.0 Å². The van der Waals surface area contributed by atoms with Crippen LogP contribution in [0.3, 0.4) is 0 Å². The molecule has 2 aliphatic heterocycles. The summed E-state index contributed by atoms with van der Waals surface area (Å²) in [6, 6.07) is 0.332. The van der Waals surface area contributed by atoms with Gasteiger partial charge in [-0.25, -0.2) is 9.19 Å². The van der Waals surface area contributed by atoms with Gasteiger partial charge in [0, 0.05) is 33.1 Å². The van der Waals surface area contributed by atoms with Gasteiger partial charge in [0.2, 0.25) is 0 Å². The Hall–Kier alpha value is -1.72. The van der Waals surface area contributed by atoms with Crippen molar-refractivity contribution in [2.45, 2.75) is 63.0 Å². The van der Waals surface area contributed by atoms with Crippen molar-refractivity contribution >= 4 is 17.3 Å². The number of hydrogen-bond acceptors (Lipinski definition) is 5. The van der Waals surface area contributed by atoms with Gasteiger partial charge in [-0.1, -0.05) is 13.0 Å². The minimum absolute atomic E-state index is 0. The summed E-state index contributed by atoms with van der Waals surface area (Å²) in [5.74, 6) is 1.41. The quantitative estimate of drug-likeness (QED) is 0.631. The van der Waals surface area contributed by atoms with Crippen LogP contribution in [-0.4, -0.2) is 48.2 Å². The number of hydrogen-bond donors (Lipinski definition) is 3. The van der Waals surface area contributed by atoms with Crippen LogP contribution >= 0.6 is 0 Å². The Balaban J connectivity index is 0.000000380. The van der Waals surface area contributed by atoms with Crippen molar-refractivity contribution in [1.29, 1.82) is 0 Å². The van der Waals surface area contributed by atoms with Gasteiger partial charge in [-0.3, -0.25) is 4.99 Å². The third-order valence-electron chi connectivity index (χ3n) is 5.55. The first-order valence-corrected chi connectivity index (χ1v) is 10.8. The number of aliphatic imine (C=N–C) groups is 1. The molecule has 29 heavy (non-hydrogen) atoms. The Morgan fingerprint density at radius 1 is 1.48 bits per heavy atom. The molecule has 4 N–H and O–H groups in total. The maximum atomic E-state index is 11.2. The van der Waals surface area contributed by atoms with Crippen molar-refractivity contribution in [3.8, 4) is 0 Å². The molecule has 0 amide bonds. The highest BCUT2D eigenvalue weighted by Gasteiger charge is 2.38. The summed E-state index contributed by atoms with van der Waals surface area (Å²) in [6.45, 7) is 3.17. The van der Waals surface area contributed by atoms with Crippen LogP contribution in [0.2, 0.25) is 0 Å². The average Bonchev–Trinajstić information content (AvgIpc) is 3.32. The molecule has 2 unspecified atom stereocenters. The highest BCUT2D eigenvalue weighted by molar-refractivity contribution is 7.79. The molecular formula is C18H30F3N5O2S. The van der Waals surface area contributed by atoms with Gasteiger partial charge in [0.1, 0.15) is 0 Å². The molecule has 0 bridgehead atoms. The van der Waals surface area contributed by atoms with Crippen LogP contribution in [0.5, 0.6) is 0 Å². The van der Waals surface area contributed by atoms with E-state index in [9.17, 15) is 17.4 Å². The van der Waals surface area contributed by atoms with E-state index < -0.39 is 29.4 Å². The van der Waals surface area contributed by atoms with E-state index >= 15 is 0 Å². The maximum Gasteiger partial charge on any atom is 0.390 e. The van der Waals surface area contributed by atoms with Crippen molar-refractivity contribution in [3.05, 3.63) is 30.0 Å². The SMILES string of the molecule is C[C@H]1C[C@@H](N)C[C@@H]1c1cnc2n1CC1(CC=CN1)N=C2.O=S(O)CCC(F)(F)F.[HH].[HH]. The molecular weight excluding hydrogens is 407 g/mol. The van der Waals surface area contributed by atoms with Crippen LogP contribution in [-0.2, 0) is 17.6 Å². The van der Waals surface area contributed by atoms with Crippen molar-refractivity contribution in [1.82, 2.24) is 14.9 Å². The van der Waals surface area contributed by atoms with E-state index in [0.29, 0.717) is 17.9 Å². The number of nitrogens with one attached hydrogen (secondary N) is 1. The zero-order valence-electron chi connectivity index (χ0n) is 16.1. The number of alkyl halides is 3. The summed E-state index contributed by atoms with van der Waals surface area (Å²) in [7, 11) is 0. The summed E-state index contributed by atoms with van der Waals surface area (Å²) in [5.41, 5.74) is 7.28. The monoisotopic (exact) mass is 437 g/mol. The number of nitrogens with zero attached hydrogens (tertiary/aromatic N) is 3. The van der Waals surface area contributed by atoms with E-state index in [2.05, 4.69) is 32.9 Å². The van der Waals surface area contributed by atoms with Crippen LogP contribution < -0.4 is 11.1 Å². The molecule has 5 atom stereocenters. The second kappa shape index (κ2) is 8.57. The van der Waals surface area contributed by atoms with Crippen LogP contribution in [0.4, 0.5) is 13.2 Å². The first-order chi connectivity index (χ1) is 13.6. The van der Waals surface area contributed by atoms with Crippen LogP contribution in [0, 0.1) is 5.92 Å². The standard InChI is InChI=1S/C15H21N5.C3H5F3O2S.2H2/c1-10-5-11(16)6-12(10)13-7-17-14-8-19-15(9-20(13)14)3-2-4-18-15;4-3(5,6)1-2-9(7)8;;/h2,4,7-8,10-12,18H,3,5-6,9,16H2,1H3;1-2H2,(H,7,8);2*1H/t10-,11+,12-,15?;;;/m0.../s1. The molecule has 7 nitrogen and oxygen atoms in total. The van der Waals surface area contributed by atoms with E-state index in [1.807, 2.05) is 18.6 Å². The molecule has 11 heteroatoms. The van der Waals surface area contributed by atoms with Crippen molar-refractivity contribution < 1.29 is 24.8 Å². The van der Waals surface area contributed by atoms with E-state index in [1.165, 1.54) is 5.69 Å². The molecule has 0 aromatic carbocycles. The van der Waals surface area contributed by atoms with Crippen LogP contribution in [0.15, 0.2) is 23.5 Å². The Labute approximate surface area is 172 Å². The molecule has 4 rings (SSSR count). The second-order valence-electron chi connectivity index (χ2n) is 7.87. The number of fused-ring (bicyclic) bond motifs is 1. The Morgan fingerprint density at radius 3 is 2.76 bits per heavy atom. The zero-order valence-corrected chi connectivity index (χ0v) is 16.9. The highest BCUT2D eigenvalue weighted by atomic mass is 32.2. The highest BCUT2D eigenvalue weighted by Crippen LogP contribution is 2.40. The van der Waals surface area contributed by atoms with Crippen molar-refractivity contribution in [2.24, 2.45) is 16.6 Å². The van der Waals surface area contributed by atoms with Gasteiger partial charge < -0.3 is 20.2 Å². The lowest BCUT2D eigenvalue weighted by molar-refractivity contribution is -0.129. The van der Waals surface area contributed by atoms with Gasteiger partial charge in [-0.2, -0.15) is 13.2 Å². The van der Waals surface area contributed by atoms with Gasteiger partial charge in [0.05, 0.1) is 24.9 Å². The molecule has 0 radical (unpaired) electrons. The van der Waals surface area contributed by atoms with E-state index in [4.69, 9.17) is 10.3 Å². The first-order valence-electron chi connectivity index (χ1n) is 9.52. The molecule has 1 saturated carbocycles. The third kappa shape index (κ3) is 5.46. The molecule has 1 fully saturated rings. The Kier molecular flexibility index (Phi) is 6.49. The number of imidazole rings is 1. The predicted molar refractivity (Wildman–Crippen MR) is 109 cm³/mol. The fraction of sp³-hybridized carbons (Fsp3) is 0.667. The predicted octanol–water partition coefficient (Wildman–Crippen LogP) is 3.01. The lowest BCUT2D eigenvalue weighted by Crippen LogP contribution is -2.44. The van der Waals surface area contributed by atoms with Crippen molar-refractivity contribution in [3.63, 3.8) is 0 Å². The normalized spacial score (nSPS) is 31.3. The van der Waals surface area contributed by atoms with E-state index in [1.54, 1.807) is 0 Å². The Bertz CT molecular complexity index is 811. The zero-order chi connectivity index (χ0) is 21.2. The number of rotatable bonds is 3. The molecule has 3 heterocycles. The summed E-state index contributed by atoms with van der Waals surface area (Å²) in [5, 5.41) is 3.39.